The van der Waals surface area contributed by atoms with Gasteiger partial charge in [-0.25, -0.2) is 0 Å². The third-order valence-corrected chi connectivity index (χ3v) is 5.49. The van der Waals surface area contributed by atoms with Gasteiger partial charge >= 0.3 is 5.97 Å². The number of aliphatic carboxylic acids is 1. The summed E-state index contributed by atoms with van der Waals surface area (Å²) in [6.07, 6.45) is 4.79. The molecule has 1 aliphatic carbocycles. The summed E-state index contributed by atoms with van der Waals surface area (Å²) in [7, 11) is 0. The lowest BCUT2D eigenvalue weighted by Crippen LogP contribution is -2.52. The number of hydrogen-bond donors (Lipinski definition) is 2. The van der Waals surface area contributed by atoms with Gasteiger partial charge in [-0.05, 0) is 57.0 Å². The van der Waals surface area contributed by atoms with Gasteiger partial charge in [0, 0.05) is 12.6 Å². The largest absolute Gasteiger partial charge is 0.480 e. The number of carboxylic acid groups (broad SMARTS) is 1. The highest BCUT2D eigenvalue weighted by atomic mass is 16.4. The van der Waals surface area contributed by atoms with Gasteiger partial charge in [0.25, 0.3) is 0 Å². The summed E-state index contributed by atoms with van der Waals surface area (Å²) in [5, 5.41) is 12.9. The van der Waals surface area contributed by atoms with E-state index in [9.17, 15) is 9.90 Å². The van der Waals surface area contributed by atoms with Gasteiger partial charge in [-0.3, -0.25) is 4.79 Å². The molecule has 0 radical (unpaired) electrons. The van der Waals surface area contributed by atoms with Crippen molar-refractivity contribution >= 4 is 5.97 Å². The maximum atomic E-state index is 11.7. The van der Waals surface area contributed by atoms with Crippen molar-refractivity contribution < 1.29 is 9.90 Å². The lowest BCUT2D eigenvalue weighted by atomic mass is 9.87. The predicted octanol–water partition coefficient (Wildman–Crippen LogP) is 2.34. The number of carboxylic acids is 1. The molecule has 4 nitrogen and oxygen atoms in total. The molecule has 0 amide bonds. The van der Waals surface area contributed by atoms with Crippen LogP contribution >= 0.6 is 0 Å². The fourth-order valence-corrected chi connectivity index (χ4v) is 3.75. The first-order valence-electron chi connectivity index (χ1n) is 8.21. The molecular formula is C16H30N2O2. The molecule has 1 saturated heterocycles. The summed E-state index contributed by atoms with van der Waals surface area (Å²) < 4.78 is 0. The summed E-state index contributed by atoms with van der Waals surface area (Å²) in [4.78, 5) is 14.2. The molecule has 0 aromatic carbocycles. The van der Waals surface area contributed by atoms with Crippen LogP contribution in [0.4, 0.5) is 0 Å². The molecule has 1 heterocycles. The number of rotatable bonds is 5. The van der Waals surface area contributed by atoms with Gasteiger partial charge in [-0.2, -0.15) is 0 Å². The monoisotopic (exact) mass is 282 g/mol. The Hall–Kier alpha value is -0.610. The van der Waals surface area contributed by atoms with E-state index in [1.165, 1.54) is 6.42 Å². The fourth-order valence-electron chi connectivity index (χ4n) is 3.75. The molecule has 2 rings (SSSR count). The van der Waals surface area contributed by atoms with Crippen LogP contribution in [0.25, 0.3) is 0 Å². The Morgan fingerprint density at radius 2 is 2.10 bits per heavy atom. The van der Waals surface area contributed by atoms with Crippen molar-refractivity contribution in [2.45, 2.75) is 64.5 Å². The summed E-state index contributed by atoms with van der Waals surface area (Å²) >= 11 is 0. The third kappa shape index (κ3) is 3.17. The van der Waals surface area contributed by atoms with Crippen molar-refractivity contribution in [2.75, 3.05) is 19.6 Å². The Morgan fingerprint density at radius 3 is 2.70 bits per heavy atom. The summed E-state index contributed by atoms with van der Waals surface area (Å²) in [6.45, 7) is 9.82. The van der Waals surface area contributed by atoms with Crippen LogP contribution in [0.3, 0.4) is 0 Å². The zero-order valence-electron chi connectivity index (χ0n) is 13.2. The first-order valence-corrected chi connectivity index (χ1v) is 8.21. The normalized spacial score (nSPS) is 39.0. The van der Waals surface area contributed by atoms with Crippen molar-refractivity contribution in [3.05, 3.63) is 0 Å². The minimum absolute atomic E-state index is 0.449. The van der Waals surface area contributed by atoms with Crippen molar-refractivity contribution in [1.29, 1.82) is 0 Å². The Balaban J connectivity index is 1.97. The molecule has 0 spiro atoms. The van der Waals surface area contributed by atoms with Crippen LogP contribution in [-0.2, 0) is 4.79 Å². The van der Waals surface area contributed by atoms with Crippen molar-refractivity contribution in [2.24, 2.45) is 11.8 Å². The fraction of sp³-hybridized carbons (Fsp3) is 0.938. The van der Waals surface area contributed by atoms with E-state index in [2.05, 4.69) is 31.0 Å². The molecule has 0 bridgehead atoms. The van der Waals surface area contributed by atoms with E-state index < -0.39 is 11.5 Å². The summed E-state index contributed by atoms with van der Waals surface area (Å²) in [5.74, 6) is 0.870. The van der Waals surface area contributed by atoms with E-state index >= 15 is 0 Å². The molecule has 2 aliphatic rings. The standard InChI is InChI=1S/C16H30N2O2/c1-4-8-17-16(15(19)20)7-5-14(10-16)18-9-6-12(2)13(3)11-18/h12-14,17H,4-11H2,1-3H3,(H,19,20). The van der Waals surface area contributed by atoms with Crippen LogP contribution < -0.4 is 5.32 Å². The van der Waals surface area contributed by atoms with Gasteiger partial charge in [0.2, 0.25) is 0 Å². The number of piperidine rings is 1. The average molecular weight is 282 g/mol. The maximum absolute atomic E-state index is 11.7. The topological polar surface area (TPSA) is 52.6 Å². The smallest absolute Gasteiger partial charge is 0.323 e. The maximum Gasteiger partial charge on any atom is 0.323 e. The second-order valence-corrected chi connectivity index (χ2v) is 6.95. The van der Waals surface area contributed by atoms with Crippen LogP contribution in [0, 0.1) is 11.8 Å². The Morgan fingerprint density at radius 1 is 1.35 bits per heavy atom. The first-order chi connectivity index (χ1) is 9.48. The van der Waals surface area contributed by atoms with Crippen LogP contribution in [-0.4, -0.2) is 47.2 Å². The van der Waals surface area contributed by atoms with Crippen LogP contribution in [0.5, 0.6) is 0 Å². The molecule has 4 atom stereocenters. The quantitative estimate of drug-likeness (QED) is 0.812. The number of likely N-dealkylation sites (tertiary alicyclic amines) is 1. The minimum Gasteiger partial charge on any atom is -0.480 e. The van der Waals surface area contributed by atoms with Gasteiger partial charge in [-0.1, -0.05) is 20.8 Å². The Kier molecular flexibility index (Phi) is 5.08. The number of nitrogens with zero attached hydrogens (tertiary/aromatic N) is 1. The van der Waals surface area contributed by atoms with E-state index in [-0.39, 0.29) is 0 Å². The van der Waals surface area contributed by atoms with Crippen molar-refractivity contribution in [1.82, 2.24) is 10.2 Å². The second kappa shape index (κ2) is 6.44. The predicted molar refractivity (Wildman–Crippen MR) is 80.8 cm³/mol. The lowest BCUT2D eigenvalue weighted by Gasteiger charge is -2.39. The zero-order chi connectivity index (χ0) is 14.8. The average Bonchev–Trinajstić information content (AvgIpc) is 2.85. The van der Waals surface area contributed by atoms with E-state index in [1.54, 1.807) is 0 Å². The number of carbonyl (C=O) groups is 1. The van der Waals surface area contributed by atoms with E-state index in [4.69, 9.17) is 0 Å². The molecule has 20 heavy (non-hydrogen) atoms. The molecule has 2 N–H and O–H groups in total. The highest BCUT2D eigenvalue weighted by Crippen LogP contribution is 2.36. The van der Waals surface area contributed by atoms with Gasteiger partial charge < -0.3 is 15.3 Å². The molecule has 116 valence electrons. The molecule has 1 saturated carbocycles. The molecule has 0 aromatic heterocycles. The first kappa shape index (κ1) is 15.8. The van der Waals surface area contributed by atoms with E-state index in [1.807, 2.05) is 0 Å². The van der Waals surface area contributed by atoms with Crippen LogP contribution in [0.2, 0.25) is 0 Å². The SMILES string of the molecule is CCCNC1(C(=O)O)CCC(N2CCC(C)C(C)C2)C1. The molecule has 4 heteroatoms. The summed E-state index contributed by atoms with van der Waals surface area (Å²) in [6, 6.07) is 0.449. The van der Waals surface area contributed by atoms with Gasteiger partial charge in [0.05, 0.1) is 0 Å². The highest BCUT2D eigenvalue weighted by Gasteiger charge is 2.47. The van der Waals surface area contributed by atoms with Gasteiger partial charge in [0.15, 0.2) is 0 Å². The molecule has 1 aliphatic heterocycles. The van der Waals surface area contributed by atoms with Crippen LogP contribution in [0.1, 0.15) is 52.9 Å². The van der Waals surface area contributed by atoms with Crippen molar-refractivity contribution in [3.63, 3.8) is 0 Å². The Bertz CT molecular complexity index is 347. The van der Waals surface area contributed by atoms with Gasteiger partial charge in [0.1, 0.15) is 5.54 Å². The number of nitrogens with one attached hydrogen (secondary N) is 1. The van der Waals surface area contributed by atoms with E-state index in [0.717, 1.165) is 57.2 Å². The Labute approximate surface area is 122 Å². The summed E-state index contributed by atoms with van der Waals surface area (Å²) in [5.41, 5.74) is -0.674. The number of hydrogen-bond acceptors (Lipinski definition) is 3. The third-order valence-electron chi connectivity index (χ3n) is 5.49. The van der Waals surface area contributed by atoms with E-state index in [0.29, 0.717) is 6.04 Å². The lowest BCUT2D eigenvalue weighted by molar-refractivity contribution is -0.144. The van der Waals surface area contributed by atoms with Crippen molar-refractivity contribution in [3.8, 4) is 0 Å². The molecule has 4 unspecified atom stereocenters. The second-order valence-electron chi connectivity index (χ2n) is 6.95. The minimum atomic E-state index is -0.674. The molecule has 0 aromatic rings. The highest BCUT2D eigenvalue weighted by molar-refractivity contribution is 5.79. The zero-order valence-corrected chi connectivity index (χ0v) is 13.2. The van der Waals surface area contributed by atoms with Gasteiger partial charge in [-0.15, -0.1) is 0 Å². The molecule has 2 fully saturated rings. The molecular weight excluding hydrogens is 252 g/mol. The van der Waals surface area contributed by atoms with Crippen LogP contribution in [0.15, 0.2) is 0 Å².